The second-order valence-electron chi connectivity index (χ2n) is 6.99. The Balaban J connectivity index is 1.99. The van der Waals surface area contributed by atoms with E-state index in [4.69, 9.17) is 9.15 Å². The van der Waals surface area contributed by atoms with Crippen LogP contribution in [-0.4, -0.2) is 10.8 Å². The Morgan fingerprint density at radius 2 is 1.86 bits per heavy atom. The van der Waals surface area contributed by atoms with Crippen LogP contribution in [0.2, 0.25) is 0 Å². The molecule has 1 aromatic heterocycles. The van der Waals surface area contributed by atoms with Crippen LogP contribution in [0.5, 0.6) is 5.75 Å². The smallest absolute Gasteiger partial charge is 0.259 e. The molecule has 0 bridgehead atoms. The summed E-state index contributed by atoms with van der Waals surface area (Å²) in [5.74, 6) is 0.896. The van der Waals surface area contributed by atoms with E-state index in [9.17, 15) is 5.21 Å². The van der Waals surface area contributed by atoms with Gasteiger partial charge in [0.1, 0.15) is 16.9 Å². The number of aryl methyl sites for hydroxylation is 2. The second-order valence-corrected chi connectivity index (χ2v) is 6.99. The molecule has 4 nitrogen and oxygen atoms in total. The summed E-state index contributed by atoms with van der Waals surface area (Å²) in [5.41, 5.74) is 4.58. The van der Waals surface area contributed by atoms with E-state index in [1.165, 1.54) is 17.5 Å². The van der Waals surface area contributed by atoms with Gasteiger partial charge in [-0.15, -0.1) is 0 Å². The Labute approximate surface area is 129 Å². The molecule has 0 unspecified atom stereocenters. The number of fused-ring (bicyclic) bond motifs is 4. The first-order valence-electron chi connectivity index (χ1n) is 8.06. The van der Waals surface area contributed by atoms with Gasteiger partial charge in [-0.2, -0.15) is 0 Å². The Bertz CT molecular complexity index is 817. The van der Waals surface area contributed by atoms with Crippen LogP contribution in [0, 0.1) is 0 Å². The van der Waals surface area contributed by atoms with Gasteiger partial charge < -0.3 is 14.4 Å². The van der Waals surface area contributed by atoms with Crippen LogP contribution in [0.1, 0.15) is 49.8 Å². The zero-order valence-corrected chi connectivity index (χ0v) is 13.1. The lowest BCUT2D eigenvalue weighted by atomic mass is 9.88. The monoisotopic (exact) mass is 299 g/mol. The zero-order chi connectivity index (χ0) is 15.3. The topological polar surface area (TPSA) is 55.0 Å². The molecule has 0 fully saturated rings. The molecular formula is C18H21NO3. The molecule has 1 aliphatic heterocycles. The fraction of sp³-hybridized carbons (Fsp3) is 0.500. The van der Waals surface area contributed by atoms with Gasteiger partial charge in [-0.3, -0.25) is 0 Å². The Morgan fingerprint density at radius 1 is 1.09 bits per heavy atom. The minimum absolute atomic E-state index is 0.140. The number of ether oxygens (including phenoxy) is 1. The predicted molar refractivity (Wildman–Crippen MR) is 83.2 cm³/mol. The van der Waals surface area contributed by atoms with Crippen molar-refractivity contribution in [3.63, 3.8) is 0 Å². The first-order valence-corrected chi connectivity index (χ1v) is 8.06. The number of benzene rings is 1. The summed E-state index contributed by atoms with van der Waals surface area (Å²) in [4.78, 5) is 0. The summed E-state index contributed by atoms with van der Waals surface area (Å²) in [5, 5.41) is 13.8. The highest BCUT2D eigenvalue weighted by Crippen LogP contribution is 2.37. The highest BCUT2D eigenvalue weighted by molar-refractivity contribution is 5.84. The third-order valence-corrected chi connectivity index (χ3v) is 4.89. The SMILES string of the molecule is CC1(C)CCc2cc3c4c(/c(=N\O)oc3cc2O1)CCCC4. The van der Waals surface area contributed by atoms with Crippen molar-refractivity contribution < 1.29 is 14.4 Å². The van der Waals surface area contributed by atoms with Gasteiger partial charge in [0.25, 0.3) is 5.55 Å². The largest absolute Gasteiger partial charge is 0.487 e. The molecule has 2 aromatic rings. The van der Waals surface area contributed by atoms with Gasteiger partial charge in [-0.1, -0.05) is 0 Å². The lowest BCUT2D eigenvalue weighted by Gasteiger charge is -2.32. The summed E-state index contributed by atoms with van der Waals surface area (Å²) in [6.45, 7) is 4.22. The summed E-state index contributed by atoms with van der Waals surface area (Å²) < 4.78 is 11.9. The molecule has 0 amide bonds. The average molecular weight is 299 g/mol. The summed E-state index contributed by atoms with van der Waals surface area (Å²) in [6, 6.07) is 4.18. The van der Waals surface area contributed by atoms with Gasteiger partial charge in [0.15, 0.2) is 0 Å². The molecule has 4 heteroatoms. The molecule has 4 rings (SSSR count). The van der Waals surface area contributed by atoms with Crippen molar-refractivity contribution in [1.29, 1.82) is 0 Å². The molecule has 1 aromatic carbocycles. The van der Waals surface area contributed by atoms with E-state index >= 15 is 0 Å². The van der Waals surface area contributed by atoms with E-state index in [2.05, 4.69) is 25.1 Å². The van der Waals surface area contributed by atoms with Gasteiger partial charge in [0.2, 0.25) is 0 Å². The number of rotatable bonds is 0. The molecule has 0 radical (unpaired) electrons. The number of hydrogen-bond acceptors (Lipinski definition) is 4. The number of nitrogens with zero attached hydrogens (tertiary/aromatic N) is 1. The van der Waals surface area contributed by atoms with Gasteiger partial charge in [-0.25, -0.2) is 0 Å². The molecule has 0 saturated carbocycles. The molecule has 116 valence electrons. The van der Waals surface area contributed by atoms with E-state index in [1.54, 1.807) is 0 Å². The van der Waals surface area contributed by atoms with Crippen LogP contribution in [0.4, 0.5) is 0 Å². The van der Waals surface area contributed by atoms with Crippen LogP contribution >= 0.6 is 0 Å². The highest BCUT2D eigenvalue weighted by atomic mass is 16.5. The Morgan fingerprint density at radius 3 is 2.64 bits per heavy atom. The summed E-state index contributed by atoms with van der Waals surface area (Å²) in [6.07, 6.45) is 6.30. The molecule has 0 spiro atoms. The van der Waals surface area contributed by atoms with E-state index in [1.807, 2.05) is 6.07 Å². The van der Waals surface area contributed by atoms with Gasteiger partial charge in [0.05, 0.1) is 0 Å². The molecule has 2 heterocycles. The van der Waals surface area contributed by atoms with Crippen molar-refractivity contribution in [3.05, 3.63) is 34.4 Å². The van der Waals surface area contributed by atoms with E-state index in [0.717, 1.165) is 54.4 Å². The molecular weight excluding hydrogens is 278 g/mol. The van der Waals surface area contributed by atoms with Gasteiger partial charge >= 0.3 is 0 Å². The van der Waals surface area contributed by atoms with E-state index < -0.39 is 0 Å². The van der Waals surface area contributed by atoms with Crippen molar-refractivity contribution in [1.82, 2.24) is 0 Å². The van der Waals surface area contributed by atoms with Gasteiger partial charge in [0, 0.05) is 17.0 Å². The maximum Gasteiger partial charge on any atom is 0.259 e. The maximum absolute atomic E-state index is 9.27. The van der Waals surface area contributed by atoms with Crippen LogP contribution in [-0.2, 0) is 19.3 Å². The molecule has 0 atom stereocenters. The summed E-state index contributed by atoms with van der Waals surface area (Å²) >= 11 is 0. The molecule has 0 saturated heterocycles. The van der Waals surface area contributed by atoms with Crippen LogP contribution < -0.4 is 10.3 Å². The van der Waals surface area contributed by atoms with E-state index in [0.29, 0.717) is 5.55 Å². The van der Waals surface area contributed by atoms with Crippen molar-refractivity contribution in [3.8, 4) is 5.75 Å². The van der Waals surface area contributed by atoms with Crippen molar-refractivity contribution in [2.24, 2.45) is 5.16 Å². The zero-order valence-electron chi connectivity index (χ0n) is 13.1. The Kier molecular flexibility index (Phi) is 2.96. The average Bonchev–Trinajstić information content (AvgIpc) is 2.51. The first-order chi connectivity index (χ1) is 10.6. The first kappa shape index (κ1) is 13.7. The van der Waals surface area contributed by atoms with E-state index in [-0.39, 0.29) is 5.60 Å². The highest BCUT2D eigenvalue weighted by Gasteiger charge is 2.28. The Hall–Kier alpha value is -1.97. The van der Waals surface area contributed by atoms with Crippen molar-refractivity contribution >= 4 is 11.0 Å². The van der Waals surface area contributed by atoms with Crippen LogP contribution in [0.3, 0.4) is 0 Å². The predicted octanol–water partition coefficient (Wildman–Crippen LogP) is 3.71. The molecule has 2 aliphatic rings. The minimum atomic E-state index is -0.140. The molecule has 1 N–H and O–H groups in total. The fourth-order valence-corrected chi connectivity index (χ4v) is 3.69. The fourth-order valence-electron chi connectivity index (χ4n) is 3.69. The number of hydrogen-bond donors (Lipinski definition) is 1. The molecule has 1 aliphatic carbocycles. The second kappa shape index (κ2) is 4.77. The van der Waals surface area contributed by atoms with Crippen LogP contribution in [0.25, 0.3) is 11.0 Å². The summed E-state index contributed by atoms with van der Waals surface area (Å²) in [7, 11) is 0. The van der Waals surface area contributed by atoms with Gasteiger partial charge in [-0.05, 0) is 74.7 Å². The quantitative estimate of drug-likeness (QED) is 0.596. The minimum Gasteiger partial charge on any atom is -0.487 e. The third-order valence-electron chi connectivity index (χ3n) is 4.89. The third kappa shape index (κ3) is 2.09. The standard InChI is InChI=1S/C18H21NO3/c1-18(2)8-7-11-9-14-12-5-3-4-6-13(12)17(19-20)21-16(14)10-15(11)22-18/h9-10,20H,3-8H2,1-2H3/b19-17+. The van der Waals surface area contributed by atoms with Crippen molar-refractivity contribution in [2.45, 2.75) is 58.0 Å². The lowest BCUT2D eigenvalue weighted by Crippen LogP contribution is -2.32. The van der Waals surface area contributed by atoms with Crippen molar-refractivity contribution in [2.75, 3.05) is 0 Å². The van der Waals surface area contributed by atoms with Crippen LogP contribution in [0.15, 0.2) is 21.7 Å². The molecule has 22 heavy (non-hydrogen) atoms. The lowest BCUT2D eigenvalue weighted by molar-refractivity contribution is 0.0848. The maximum atomic E-state index is 9.27. The normalized spacial score (nSPS) is 20.4.